The summed E-state index contributed by atoms with van der Waals surface area (Å²) in [6.45, 7) is 3.74. The van der Waals surface area contributed by atoms with E-state index in [1.807, 2.05) is 19.9 Å². The highest BCUT2D eigenvalue weighted by molar-refractivity contribution is 7.54. The molecular formula is C7H8N2OS. The third kappa shape index (κ3) is 1.94. The molecule has 0 radical (unpaired) electrons. The molecule has 1 rings (SSSR count). The lowest BCUT2D eigenvalue weighted by molar-refractivity contribution is 0.698. The Hall–Kier alpha value is -1.03. The standard InChI is InChI=1S/C7H8N2OS/c1-5-3-4-7(9-11-10)6(2)8-5/h3-4H,1-2H3. The zero-order valence-corrected chi connectivity index (χ0v) is 7.18. The molecule has 0 aliphatic carbocycles. The van der Waals surface area contributed by atoms with Gasteiger partial charge in [-0.05, 0) is 26.0 Å². The third-order valence-corrected chi connectivity index (χ3v) is 1.60. The second-order valence-corrected chi connectivity index (χ2v) is 2.55. The average Bonchev–Trinajstić information content (AvgIpc) is 1.95. The minimum absolute atomic E-state index is 0.210. The molecule has 11 heavy (non-hydrogen) atoms. The molecule has 0 unspecified atom stereocenters. The Kier molecular flexibility index (Phi) is 2.48. The smallest absolute Gasteiger partial charge is 0.205 e. The average molecular weight is 168 g/mol. The molecule has 0 aliphatic heterocycles. The normalized spacial score (nSPS) is 9.27. The second-order valence-electron chi connectivity index (χ2n) is 2.22. The maximum Gasteiger partial charge on any atom is 0.205 e. The first-order chi connectivity index (χ1) is 5.24. The summed E-state index contributed by atoms with van der Waals surface area (Å²) in [4.78, 5) is 4.15. The maximum atomic E-state index is 10.1. The van der Waals surface area contributed by atoms with Crippen LogP contribution in [-0.4, -0.2) is 9.19 Å². The first kappa shape index (κ1) is 8.07. The molecule has 3 nitrogen and oxygen atoms in total. The Labute approximate surface area is 68.7 Å². The molecule has 0 atom stereocenters. The highest BCUT2D eigenvalue weighted by atomic mass is 32.1. The van der Waals surface area contributed by atoms with Crippen molar-refractivity contribution in [1.82, 2.24) is 4.98 Å². The van der Waals surface area contributed by atoms with E-state index in [-0.39, 0.29) is 11.5 Å². The fourth-order valence-corrected chi connectivity index (χ4v) is 1.09. The Morgan fingerprint density at radius 2 is 2.18 bits per heavy atom. The van der Waals surface area contributed by atoms with Crippen LogP contribution in [0.1, 0.15) is 11.4 Å². The number of rotatable bonds is 1. The molecule has 0 fully saturated rings. The quantitative estimate of drug-likeness (QED) is 0.640. The Morgan fingerprint density at radius 3 is 2.73 bits per heavy atom. The zero-order chi connectivity index (χ0) is 8.27. The minimum Gasteiger partial charge on any atom is -0.256 e. The van der Waals surface area contributed by atoms with Crippen molar-refractivity contribution in [3.8, 4) is 0 Å². The highest BCUT2D eigenvalue weighted by Crippen LogP contribution is 2.15. The van der Waals surface area contributed by atoms with Crippen LogP contribution >= 0.6 is 0 Å². The number of hydrogen-bond acceptors (Lipinski definition) is 3. The molecule has 0 aromatic carbocycles. The number of aromatic nitrogens is 1. The molecule has 0 saturated heterocycles. The monoisotopic (exact) mass is 168 g/mol. The van der Waals surface area contributed by atoms with Crippen molar-refractivity contribution in [3.63, 3.8) is 0 Å². The summed E-state index contributed by atoms with van der Waals surface area (Å²) in [6.07, 6.45) is 0. The molecule has 1 aromatic heterocycles. The zero-order valence-electron chi connectivity index (χ0n) is 6.37. The van der Waals surface area contributed by atoms with Gasteiger partial charge in [0.1, 0.15) is 5.69 Å². The van der Waals surface area contributed by atoms with Gasteiger partial charge >= 0.3 is 0 Å². The lowest BCUT2D eigenvalue weighted by Crippen LogP contribution is -1.84. The van der Waals surface area contributed by atoms with Crippen molar-refractivity contribution >= 4 is 17.2 Å². The Balaban J connectivity index is 3.19. The predicted molar refractivity (Wildman–Crippen MR) is 43.9 cm³/mol. The summed E-state index contributed by atoms with van der Waals surface area (Å²) in [7, 11) is 0. The van der Waals surface area contributed by atoms with Gasteiger partial charge < -0.3 is 0 Å². The fraction of sp³-hybridized carbons (Fsp3) is 0.286. The molecule has 1 aromatic rings. The predicted octanol–water partition coefficient (Wildman–Crippen LogP) is 1.73. The van der Waals surface area contributed by atoms with E-state index in [0.29, 0.717) is 5.69 Å². The van der Waals surface area contributed by atoms with Gasteiger partial charge in [0.25, 0.3) is 0 Å². The van der Waals surface area contributed by atoms with Crippen molar-refractivity contribution in [2.24, 2.45) is 4.36 Å². The van der Waals surface area contributed by atoms with Gasteiger partial charge in [0, 0.05) is 5.69 Å². The van der Waals surface area contributed by atoms with Gasteiger partial charge in [-0.1, -0.05) is 0 Å². The minimum atomic E-state index is 0.210. The van der Waals surface area contributed by atoms with Gasteiger partial charge in [0.05, 0.1) is 5.69 Å². The van der Waals surface area contributed by atoms with Gasteiger partial charge in [0.2, 0.25) is 11.5 Å². The highest BCUT2D eigenvalue weighted by Gasteiger charge is 1.95. The van der Waals surface area contributed by atoms with Gasteiger partial charge in [-0.15, -0.1) is 0 Å². The number of aryl methyl sites for hydroxylation is 2. The first-order valence-electron chi connectivity index (χ1n) is 3.18. The van der Waals surface area contributed by atoms with Crippen molar-refractivity contribution in [2.45, 2.75) is 13.8 Å². The second kappa shape index (κ2) is 3.39. The van der Waals surface area contributed by atoms with Crippen molar-refractivity contribution in [1.29, 1.82) is 0 Å². The van der Waals surface area contributed by atoms with Crippen LogP contribution < -0.4 is 0 Å². The Morgan fingerprint density at radius 1 is 1.45 bits per heavy atom. The fourth-order valence-electron chi connectivity index (χ4n) is 0.816. The molecule has 1 heterocycles. The number of hydrogen-bond donors (Lipinski definition) is 0. The third-order valence-electron chi connectivity index (χ3n) is 1.33. The van der Waals surface area contributed by atoms with Gasteiger partial charge in [-0.25, -0.2) is 0 Å². The first-order valence-corrected chi connectivity index (χ1v) is 3.88. The van der Waals surface area contributed by atoms with Crippen LogP contribution in [0.2, 0.25) is 0 Å². The van der Waals surface area contributed by atoms with Crippen molar-refractivity contribution < 1.29 is 4.21 Å². The van der Waals surface area contributed by atoms with E-state index in [1.165, 1.54) is 0 Å². The molecule has 58 valence electrons. The van der Waals surface area contributed by atoms with Gasteiger partial charge in [0.15, 0.2) is 0 Å². The van der Waals surface area contributed by atoms with E-state index in [4.69, 9.17) is 0 Å². The van der Waals surface area contributed by atoms with Crippen LogP contribution in [0.15, 0.2) is 16.5 Å². The van der Waals surface area contributed by atoms with Crippen LogP contribution in [-0.2, 0) is 11.5 Å². The maximum absolute atomic E-state index is 10.1. The van der Waals surface area contributed by atoms with E-state index >= 15 is 0 Å². The molecule has 0 aliphatic rings. The van der Waals surface area contributed by atoms with Crippen molar-refractivity contribution in [2.75, 3.05) is 0 Å². The summed E-state index contributed by atoms with van der Waals surface area (Å²) in [5, 5.41) is 0. The SMILES string of the molecule is Cc1ccc(N=S=O)c(C)n1. The summed E-state index contributed by atoms with van der Waals surface area (Å²) in [5.74, 6) is 0. The summed E-state index contributed by atoms with van der Waals surface area (Å²) < 4.78 is 13.7. The van der Waals surface area contributed by atoms with E-state index in [9.17, 15) is 4.21 Å². The van der Waals surface area contributed by atoms with Crippen molar-refractivity contribution in [3.05, 3.63) is 23.5 Å². The van der Waals surface area contributed by atoms with Crippen LogP contribution in [0.5, 0.6) is 0 Å². The summed E-state index contributed by atoms with van der Waals surface area (Å²) >= 11 is 0.210. The lowest BCUT2D eigenvalue weighted by atomic mass is 10.3. The topological polar surface area (TPSA) is 42.3 Å². The van der Waals surface area contributed by atoms with Gasteiger partial charge in [-0.2, -0.15) is 8.57 Å². The molecule has 0 N–H and O–H groups in total. The summed E-state index contributed by atoms with van der Waals surface area (Å²) in [6, 6.07) is 3.63. The van der Waals surface area contributed by atoms with Gasteiger partial charge in [-0.3, -0.25) is 4.98 Å². The molecule has 0 saturated carbocycles. The Bertz CT molecular complexity index is 318. The van der Waals surface area contributed by atoms with E-state index < -0.39 is 0 Å². The number of pyridine rings is 1. The number of nitrogens with zero attached hydrogens (tertiary/aromatic N) is 2. The van der Waals surface area contributed by atoms with Crippen LogP contribution in [0.4, 0.5) is 5.69 Å². The molecular weight excluding hydrogens is 160 g/mol. The largest absolute Gasteiger partial charge is 0.256 e. The van der Waals surface area contributed by atoms with E-state index in [2.05, 4.69) is 9.35 Å². The van der Waals surface area contributed by atoms with Crippen LogP contribution in [0, 0.1) is 13.8 Å². The molecule has 0 bridgehead atoms. The van der Waals surface area contributed by atoms with E-state index in [1.54, 1.807) is 6.07 Å². The summed E-state index contributed by atoms with van der Waals surface area (Å²) in [5.41, 5.74) is 2.40. The lowest BCUT2D eigenvalue weighted by Gasteiger charge is -1.96. The molecule has 0 amide bonds. The molecule has 0 spiro atoms. The van der Waals surface area contributed by atoms with Crippen LogP contribution in [0.25, 0.3) is 0 Å². The molecule has 4 heteroatoms. The van der Waals surface area contributed by atoms with Crippen LogP contribution in [0.3, 0.4) is 0 Å². The van der Waals surface area contributed by atoms with E-state index in [0.717, 1.165) is 11.4 Å².